The summed E-state index contributed by atoms with van der Waals surface area (Å²) in [4.78, 5) is 4.07. The summed E-state index contributed by atoms with van der Waals surface area (Å²) in [6, 6.07) is 9.80. The van der Waals surface area contributed by atoms with Crippen LogP contribution in [-0.2, 0) is 0 Å². The highest BCUT2D eigenvalue weighted by Crippen LogP contribution is 2.27. The lowest BCUT2D eigenvalue weighted by Crippen LogP contribution is -1.99. The molecule has 0 fully saturated rings. The molecular weight excluding hydrogens is 294 g/mol. The zero-order chi connectivity index (χ0) is 12.5. The van der Waals surface area contributed by atoms with Gasteiger partial charge in [0, 0.05) is 10.7 Å². The van der Waals surface area contributed by atoms with E-state index in [1.54, 1.807) is 24.2 Å². The SMILES string of the molecule is COc1c2ccncc2nn1-c1ccc(Br)cc1. The van der Waals surface area contributed by atoms with Crippen molar-refractivity contribution in [2.75, 3.05) is 7.11 Å². The Hall–Kier alpha value is -1.88. The summed E-state index contributed by atoms with van der Waals surface area (Å²) in [5, 5.41) is 5.45. The molecule has 0 amide bonds. The number of halogens is 1. The molecule has 0 saturated carbocycles. The van der Waals surface area contributed by atoms with Gasteiger partial charge >= 0.3 is 0 Å². The lowest BCUT2D eigenvalue weighted by molar-refractivity contribution is 0.388. The summed E-state index contributed by atoms with van der Waals surface area (Å²) >= 11 is 3.42. The number of ether oxygens (including phenoxy) is 1. The van der Waals surface area contributed by atoms with Crippen LogP contribution >= 0.6 is 15.9 Å². The van der Waals surface area contributed by atoms with Crippen molar-refractivity contribution < 1.29 is 4.74 Å². The van der Waals surface area contributed by atoms with Crippen LogP contribution in [0.5, 0.6) is 5.88 Å². The average molecular weight is 304 g/mol. The van der Waals surface area contributed by atoms with Gasteiger partial charge < -0.3 is 4.74 Å². The van der Waals surface area contributed by atoms with Gasteiger partial charge in [0.15, 0.2) is 0 Å². The number of nitrogens with zero attached hydrogens (tertiary/aromatic N) is 3. The maximum Gasteiger partial charge on any atom is 0.224 e. The van der Waals surface area contributed by atoms with Crippen LogP contribution in [0.2, 0.25) is 0 Å². The molecule has 2 heterocycles. The highest BCUT2D eigenvalue weighted by atomic mass is 79.9. The topological polar surface area (TPSA) is 39.9 Å². The van der Waals surface area contributed by atoms with Crippen molar-refractivity contribution >= 4 is 26.8 Å². The number of pyridine rings is 1. The van der Waals surface area contributed by atoms with Gasteiger partial charge in [0.1, 0.15) is 5.52 Å². The lowest BCUT2D eigenvalue weighted by Gasteiger charge is -2.06. The zero-order valence-corrected chi connectivity index (χ0v) is 11.3. The summed E-state index contributed by atoms with van der Waals surface area (Å²) in [5.74, 6) is 0.717. The first-order chi connectivity index (χ1) is 8.79. The molecule has 0 aliphatic carbocycles. The monoisotopic (exact) mass is 303 g/mol. The van der Waals surface area contributed by atoms with Crippen molar-refractivity contribution in [1.29, 1.82) is 0 Å². The second-order valence-electron chi connectivity index (χ2n) is 3.79. The lowest BCUT2D eigenvalue weighted by atomic mass is 10.3. The van der Waals surface area contributed by atoms with Gasteiger partial charge in [-0.05, 0) is 30.3 Å². The second-order valence-corrected chi connectivity index (χ2v) is 4.71. The van der Waals surface area contributed by atoms with Gasteiger partial charge in [-0.15, -0.1) is 0 Å². The summed E-state index contributed by atoms with van der Waals surface area (Å²) in [5.41, 5.74) is 1.77. The maximum atomic E-state index is 5.44. The van der Waals surface area contributed by atoms with E-state index in [-0.39, 0.29) is 0 Å². The van der Waals surface area contributed by atoms with Crippen molar-refractivity contribution in [1.82, 2.24) is 14.8 Å². The number of hydrogen-bond acceptors (Lipinski definition) is 3. The Morgan fingerprint density at radius 3 is 2.67 bits per heavy atom. The molecule has 4 nitrogen and oxygen atoms in total. The third-order valence-electron chi connectivity index (χ3n) is 2.70. The molecule has 0 aliphatic heterocycles. The first kappa shape index (κ1) is 11.2. The Morgan fingerprint density at radius 1 is 1.17 bits per heavy atom. The zero-order valence-electron chi connectivity index (χ0n) is 9.67. The van der Waals surface area contributed by atoms with Crippen LogP contribution < -0.4 is 4.74 Å². The third kappa shape index (κ3) is 1.76. The van der Waals surface area contributed by atoms with Crippen molar-refractivity contribution in [2.24, 2.45) is 0 Å². The van der Waals surface area contributed by atoms with E-state index in [9.17, 15) is 0 Å². The molecule has 90 valence electrons. The molecule has 18 heavy (non-hydrogen) atoms. The second kappa shape index (κ2) is 4.42. The Morgan fingerprint density at radius 2 is 1.94 bits per heavy atom. The van der Waals surface area contributed by atoms with E-state index in [2.05, 4.69) is 26.0 Å². The molecule has 1 aromatic carbocycles. The Kier molecular flexibility index (Phi) is 2.76. The molecule has 0 bridgehead atoms. The molecule has 0 unspecified atom stereocenters. The number of rotatable bonds is 2. The van der Waals surface area contributed by atoms with E-state index < -0.39 is 0 Å². The normalized spacial score (nSPS) is 10.8. The van der Waals surface area contributed by atoms with E-state index >= 15 is 0 Å². The molecule has 5 heteroatoms. The predicted molar refractivity (Wildman–Crippen MR) is 73.1 cm³/mol. The van der Waals surface area contributed by atoms with Crippen molar-refractivity contribution in [3.05, 3.63) is 47.2 Å². The fourth-order valence-electron chi connectivity index (χ4n) is 1.87. The van der Waals surface area contributed by atoms with E-state index in [1.807, 2.05) is 30.3 Å². The van der Waals surface area contributed by atoms with Gasteiger partial charge in [0.05, 0.1) is 24.4 Å². The predicted octanol–water partition coefficient (Wildman–Crippen LogP) is 3.19. The molecular formula is C13H10BrN3O. The van der Waals surface area contributed by atoms with Crippen molar-refractivity contribution in [3.8, 4) is 11.6 Å². The summed E-state index contributed by atoms with van der Waals surface area (Å²) in [6.45, 7) is 0. The van der Waals surface area contributed by atoms with Crippen molar-refractivity contribution in [3.63, 3.8) is 0 Å². The van der Waals surface area contributed by atoms with Gasteiger partial charge in [-0.1, -0.05) is 15.9 Å². The third-order valence-corrected chi connectivity index (χ3v) is 3.22. The van der Waals surface area contributed by atoms with Gasteiger partial charge in [0.2, 0.25) is 5.88 Å². The molecule has 2 aromatic heterocycles. The molecule has 3 aromatic rings. The van der Waals surface area contributed by atoms with Crippen LogP contribution in [0.3, 0.4) is 0 Å². The molecule has 0 saturated heterocycles. The average Bonchev–Trinajstić information content (AvgIpc) is 2.78. The number of aromatic nitrogens is 3. The molecule has 0 atom stereocenters. The van der Waals surface area contributed by atoms with Crippen LogP contribution in [-0.4, -0.2) is 21.9 Å². The Bertz CT molecular complexity index is 691. The highest BCUT2D eigenvalue weighted by molar-refractivity contribution is 9.10. The summed E-state index contributed by atoms with van der Waals surface area (Å²) in [7, 11) is 1.65. The number of benzene rings is 1. The van der Waals surface area contributed by atoms with E-state index in [1.165, 1.54) is 0 Å². The minimum atomic E-state index is 0.717. The Labute approximate surface area is 112 Å². The number of fused-ring (bicyclic) bond motifs is 1. The van der Waals surface area contributed by atoms with Gasteiger partial charge in [-0.3, -0.25) is 4.98 Å². The van der Waals surface area contributed by atoms with E-state index in [0.717, 1.165) is 26.9 Å². The smallest absolute Gasteiger partial charge is 0.224 e. The molecule has 0 aliphatic rings. The molecule has 0 spiro atoms. The van der Waals surface area contributed by atoms with Crippen LogP contribution in [0.25, 0.3) is 16.6 Å². The quantitative estimate of drug-likeness (QED) is 0.730. The van der Waals surface area contributed by atoms with Crippen molar-refractivity contribution in [2.45, 2.75) is 0 Å². The minimum Gasteiger partial charge on any atom is -0.480 e. The van der Waals surface area contributed by atoms with E-state index in [4.69, 9.17) is 4.74 Å². The van der Waals surface area contributed by atoms with Crippen LogP contribution in [0.1, 0.15) is 0 Å². The molecule has 3 rings (SSSR count). The van der Waals surface area contributed by atoms with Crippen LogP contribution in [0.4, 0.5) is 0 Å². The molecule has 0 radical (unpaired) electrons. The highest BCUT2D eigenvalue weighted by Gasteiger charge is 2.12. The summed E-state index contributed by atoms with van der Waals surface area (Å²) in [6.07, 6.45) is 3.46. The van der Waals surface area contributed by atoms with Crippen LogP contribution in [0.15, 0.2) is 47.2 Å². The van der Waals surface area contributed by atoms with Gasteiger partial charge in [-0.2, -0.15) is 9.78 Å². The summed E-state index contributed by atoms with van der Waals surface area (Å²) < 4.78 is 8.25. The van der Waals surface area contributed by atoms with Gasteiger partial charge in [-0.25, -0.2) is 0 Å². The minimum absolute atomic E-state index is 0.717. The first-order valence-electron chi connectivity index (χ1n) is 5.42. The fourth-order valence-corrected chi connectivity index (χ4v) is 2.13. The standard InChI is InChI=1S/C13H10BrN3O/c1-18-13-11-6-7-15-8-12(11)16-17(13)10-4-2-9(14)3-5-10/h2-8H,1H3. The molecule has 0 N–H and O–H groups in total. The Balaban J connectivity index is 2.25. The maximum absolute atomic E-state index is 5.44. The van der Waals surface area contributed by atoms with E-state index in [0.29, 0.717) is 0 Å². The van der Waals surface area contributed by atoms with Crippen LogP contribution in [0, 0.1) is 0 Å². The first-order valence-corrected chi connectivity index (χ1v) is 6.21. The largest absolute Gasteiger partial charge is 0.480 e. The number of hydrogen-bond donors (Lipinski definition) is 0. The van der Waals surface area contributed by atoms with Gasteiger partial charge in [0.25, 0.3) is 0 Å². The fraction of sp³-hybridized carbons (Fsp3) is 0.0769. The number of methoxy groups -OCH3 is 1.